The Labute approximate surface area is 81.8 Å². The monoisotopic (exact) mass is 195 g/mol. The van der Waals surface area contributed by atoms with E-state index in [1.807, 2.05) is 0 Å². The summed E-state index contributed by atoms with van der Waals surface area (Å²) in [6, 6.07) is 1.79. The smallest absolute Gasteiger partial charge is 0.266 e. The van der Waals surface area contributed by atoms with Crippen LogP contribution in [0.5, 0.6) is 0 Å². The Morgan fingerprint density at radius 1 is 1.71 bits per heavy atom. The molecule has 1 aromatic rings. The van der Waals surface area contributed by atoms with Crippen LogP contribution in [-0.4, -0.2) is 28.9 Å². The second-order valence-corrected chi connectivity index (χ2v) is 3.40. The molecule has 0 bridgehead atoms. The maximum Gasteiger partial charge on any atom is 0.266 e. The van der Waals surface area contributed by atoms with Crippen LogP contribution >= 0.6 is 0 Å². The van der Waals surface area contributed by atoms with Crippen molar-refractivity contribution >= 4 is 5.91 Å². The molecule has 5 heteroatoms. The van der Waals surface area contributed by atoms with E-state index >= 15 is 0 Å². The summed E-state index contributed by atoms with van der Waals surface area (Å²) in [6.07, 6.45) is 3.58. The minimum Gasteiger partial charge on any atom is -0.379 e. The number of aromatic nitrogens is 2. The van der Waals surface area contributed by atoms with Crippen LogP contribution in [0.3, 0.4) is 0 Å². The lowest BCUT2D eigenvalue weighted by molar-refractivity contribution is 0.0534. The molecule has 1 saturated heterocycles. The van der Waals surface area contributed by atoms with Crippen LogP contribution in [0, 0.1) is 0 Å². The number of hydrogen-bond acceptors (Lipinski definition) is 3. The molecule has 0 spiro atoms. The van der Waals surface area contributed by atoms with E-state index in [-0.39, 0.29) is 6.04 Å². The third-order valence-corrected chi connectivity index (χ3v) is 2.40. The second kappa shape index (κ2) is 3.79. The fourth-order valence-electron chi connectivity index (χ4n) is 1.72. The van der Waals surface area contributed by atoms with Gasteiger partial charge in [-0.15, -0.1) is 0 Å². The highest BCUT2D eigenvalue weighted by Gasteiger charge is 2.20. The van der Waals surface area contributed by atoms with E-state index in [1.54, 1.807) is 16.9 Å². The Kier molecular flexibility index (Phi) is 2.49. The first kappa shape index (κ1) is 9.21. The van der Waals surface area contributed by atoms with Gasteiger partial charge in [0.1, 0.15) is 5.69 Å². The lowest BCUT2D eigenvalue weighted by atomic mass is 10.1. The maximum absolute atomic E-state index is 11.0. The van der Waals surface area contributed by atoms with Crippen molar-refractivity contribution in [2.45, 2.75) is 18.9 Å². The molecule has 2 N–H and O–H groups in total. The molecule has 1 atom stereocenters. The van der Waals surface area contributed by atoms with Gasteiger partial charge in [-0.05, 0) is 18.9 Å². The molecular formula is C9H13N3O2. The van der Waals surface area contributed by atoms with Gasteiger partial charge in [-0.3, -0.25) is 9.48 Å². The van der Waals surface area contributed by atoms with Gasteiger partial charge in [0.15, 0.2) is 0 Å². The molecule has 1 fully saturated rings. The van der Waals surface area contributed by atoms with Crippen LogP contribution < -0.4 is 5.73 Å². The second-order valence-electron chi connectivity index (χ2n) is 3.40. The zero-order valence-corrected chi connectivity index (χ0v) is 7.85. The molecule has 76 valence electrons. The van der Waals surface area contributed by atoms with Crippen LogP contribution in [0.1, 0.15) is 29.4 Å². The molecule has 5 nitrogen and oxygen atoms in total. The van der Waals surface area contributed by atoms with Gasteiger partial charge < -0.3 is 10.5 Å². The third kappa shape index (κ3) is 1.63. The number of carbonyl (C=O) groups is 1. The lowest BCUT2D eigenvalue weighted by Crippen LogP contribution is -2.27. The van der Waals surface area contributed by atoms with Gasteiger partial charge in [0, 0.05) is 12.8 Å². The molecule has 1 aliphatic heterocycles. The summed E-state index contributed by atoms with van der Waals surface area (Å²) in [7, 11) is 0. The molecule has 2 heterocycles. The van der Waals surface area contributed by atoms with Crippen molar-refractivity contribution in [1.29, 1.82) is 0 Å². The SMILES string of the molecule is NC(=O)c1ccnn1C1CCCOC1. The Morgan fingerprint density at radius 2 is 2.57 bits per heavy atom. The highest BCUT2D eigenvalue weighted by atomic mass is 16.5. The average Bonchev–Trinajstić information content (AvgIpc) is 2.67. The summed E-state index contributed by atoms with van der Waals surface area (Å²) in [5, 5.41) is 4.10. The molecule has 1 aliphatic rings. The van der Waals surface area contributed by atoms with Crippen molar-refractivity contribution in [3.63, 3.8) is 0 Å². The standard InChI is InChI=1S/C9H13N3O2/c10-9(13)8-3-4-11-12(8)7-2-1-5-14-6-7/h3-4,7H,1-2,5-6H2,(H2,10,13). The van der Waals surface area contributed by atoms with E-state index in [4.69, 9.17) is 10.5 Å². The largest absolute Gasteiger partial charge is 0.379 e. The molecule has 0 radical (unpaired) electrons. The van der Waals surface area contributed by atoms with Crippen LogP contribution in [0.15, 0.2) is 12.3 Å². The number of hydrogen-bond donors (Lipinski definition) is 1. The first-order valence-electron chi connectivity index (χ1n) is 4.70. The fraction of sp³-hybridized carbons (Fsp3) is 0.556. The Hall–Kier alpha value is -1.36. The molecule has 2 rings (SSSR count). The molecule has 1 amide bonds. The Bertz CT molecular complexity index is 329. The Balaban J connectivity index is 2.21. The zero-order chi connectivity index (χ0) is 9.97. The van der Waals surface area contributed by atoms with Gasteiger partial charge in [-0.25, -0.2) is 0 Å². The minimum atomic E-state index is -0.437. The average molecular weight is 195 g/mol. The topological polar surface area (TPSA) is 70.1 Å². The first-order valence-corrected chi connectivity index (χ1v) is 4.70. The van der Waals surface area contributed by atoms with Crippen LogP contribution in [0.4, 0.5) is 0 Å². The summed E-state index contributed by atoms with van der Waals surface area (Å²) in [4.78, 5) is 11.0. The number of nitrogens with zero attached hydrogens (tertiary/aromatic N) is 2. The highest BCUT2D eigenvalue weighted by molar-refractivity contribution is 5.90. The van der Waals surface area contributed by atoms with Gasteiger partial charge in [0.25, 0.3) is 5.91 Å². The van der Waals surface area contributed by atoms with Gasteiger partial charge in [0.05, 0.1) is 12.6 Å². The van der Waals surface area contributed by atoms with Gasteiger partial charge in [-0.1, -0.05) is 0 Å². The predicted molar refractivity (Wildman–Crippen MR) is 49.8 cm³/mol. The number of nitrogens with two attached hydrogens (primary N) is 1. The van der Waals surface area contributed by atoms with Crippen molar-refractivity contribution in [2.24, 2.45) is 5.73 Å². The van der Waals surface area contributed by atoms with E-state index in [0.29, 0.717) is 12.3 Å². The molecule has 0 aromatic carbocycles. The van der Waals surface area contributed by atoms with Crippen molar-refractivity contribution < 1.29 is 9.53 Å². The molecule has 14 heavy (non-hydrogen) atoms. The lowest BCUT2D eigenvalue weighted by Gasteiger charge is -2.23. The molecule has 1 unspecified atom stereocenters. The normalized spacial score (nSPS) is 22.1. The summed E-state index contributed by atoms with van der Waals surface area (Å²) in [5.74, 6) is -0.437. The van der Waals surface area contributed by atoms with Crippen molar-refractivity contribution in [1.82, 2.24) is 9.78 Å². The van der Waals surface area contributed by atoms with Gasteiger partial charge >= 0.3 is 0 Å². The number of rotatable bonds is 2. The molecule has 0 saturated carbocycles. The van der Waals surface area contributed by atoms with Gasteiger partial charge in [0.2, 0.25) is 0 Å². The first-order chi connectivity index (χ1) is 6.79. The third-order valence-electron chi connectivity index (χ3n) is 2.40. The minimum absolute atomic E-state index is 0.154. The number of ether oxygens (including phenoxy) is 1. The van der Waals surface area contributed by atoms with Crippen molar-refractivity contribution in [2.75, 3.05) is 13.2 Å². The predicted octanol–water partition coefficient (Wildman–Crippen LogP) is 0.333. The van der Waals surface area contributed by atoms with Gasteiger partial charge in [-0.2, -0.15) is 5.10 Å². The number of primary amides is 1. The van der Waals surface area contributed by atoms with E-state index in [9.17, 15) is 4.79 Å². The quantitative estimate of drug-likeness (QED) is 0.739. The van der Waals surface area contributed by atoms with Crippen LogP contribution in [0.25, 0.3) is 0 Å². The summed E-state index contributed by atoms with van der Waals surface area (Å²) >= 11 is 0. The highest BCUT2D eigenvalue weighted by Crippen LogP contribution is 2.19. The van der Waals surface area contributed by atoms with Crippen molar-refractivity contribution in [3.05, 3.63) is 18.0 Å². The van der Waals surface area contributed by atoms with Crippen LogP contribution in [-0.2, 0) is 4.74 Å². The molecular weight excluding hydrogens is 182 g/mol. The summed E-state index contributed by atoms with van der Waals surface area (Å²) < 4.78 is 7.00. The Morgan fingerprint density at radius 3 is 3.21 bits per heavy atom. The molecule has 1 aromatic heterocycles. The molecule has 0 aliphatic carbocycles. The maximum atomic E-state index is 11.0. The zero-order valence-electron chi connectivity index (χ0n) is 7.85. The number of carbonyl (C=O) groups excluding carboxylic acids is 1. The number of amides is 1. The summed E-state index contributed by atoms with van der Waals surface area (Å²) in [6.45, 7) is 1.41. The van der Waals surface area contributed by atoms with E-state index in [2.05, 4.69) is 5.10 Å². The van der Waals surface area contributed by atoms with E-state index < -0.39 is 5.91 Å². The fourth-order valence-corrected chi connectivity index (χ4v) is 1.72. The summed E-state index contributed by atoms with van der Waals surface area (Å²) in [5.41, 5.74) is 5.68. The van der Waals surface area contributed by atoms with E-state index in [1.165, 1.54) is 0 Å². The van der Waals surface area contributed by atoms with Crippen LogP contribution in [0.2, 0.25) is 0 Å². The van der Waals surface area contributed by atoms with Crippen molar-refractivity contribution in [3.8, 4) is 0 Å². The van der Waals surface area contributed by atoms with E-state index in [0.717, 1.165) is 19.4 Å².